The van der Waals surface area contributed by atoms with Crippen molar-refractivity contribution in [3.8, 4) is 5.75 Å². The predicted octanol–water partition coefficient (Wildman–Crippen LogP) is 3.07. The highest BCUT2D eigenvalue weighted by Crippen LogP contribution is 2.52. The van der Waals surface area contributed by atoms with Gasteiger partial charge in [-0.3, -0.25) is 14.9 Å². The van der Waals surface area contributed by atoms with Crippen LogP contribution in [0, 0.1) is 33.8 Å². The van der Waals surface area contributed by atoms with Gasteiger partial charge >= 0.3 is 5.97 Å². The minimum atomic E-state index is -0.482. The van der Waals surface area contributed by atoms with Crippen molar-refractivity contribution in [2.75, 3.05) is 19.6 Å². The zero-order valence-electron chi connectivity index (χ0n) is 18.2. The van der Waals surface area contributed by atoms with Crippen LogP contribution in [0.4, 0.5) is 5.69 Å². The Morgan fingerprint density at radius 3 is 2.69 bits per heavy atom. The summed E-state index contributed by atoms with van der Waals surface area (Å²) in [6, 6.07) is 3.98. The molecule has 0 bridgehead atoms. The van der Waals surface area contributed by atoms with Crippen molar-refractivity contribution in [3.05, 3.63) is 58.2 Å². The fourth-order valence-electron chi connectivity index (χ4n) is 5.57. The van der Waals surface area contributed by atoms with Gasteiger partial charge in [0.15, 0.2) is 0 Å². The molecule has 2 saturated carbocycles. The zero-order valence-corrected chi connectivity index (χ0v) is 18.2. The number of benzene rings is 1. The van der Waals surface area contributed by atoms with E-state index in [1.165, 1.54) is 29.3 Å². The summed E-state index contributed by atoms with van der Waals surface area (Å²) >= 11 is 0. The van der Waals surface area contributed by atoms with Crippen LogP contribution in [-0.2, 0) is 16.1 Å². The molecule has 5 atom stereocenters. The van der Waals surface area contributed by atoms with Gasteiger partial charge in [-0.15, -0.1) is 0 Å². The van der Waals surface area contributed by atoms with Crippen molar-refractivity contribution in [3.63, 3.8) is 0 Å². The van der Waals surface area contributed by atoms with Gasteiger partial charge in [0.05, 0.1) is 10.8 Å². The second kappa shape index (κ2) is 9.42. The first-order chi connectivity index (χ1) is 15.4. The third kappa shape index (κ3) is 4.42. The lowest BCUT2D eigenvalue weighted by molar-refractivity contribution is -0.384. The first-order valence-electron chi connectivity index (χ1n) is 11.3. The smallest absolute Gasteiger partial charge is 0.310 e. The van der Waals surface area contributed by atoms with Crippen LogP contribution < -0.4 is 10.6 Å². The average molecular weight is 442 g/mol. The summed E-state index contributed by atoms with van der Waals surface area (Å²) in [5.74, 6) is 0.539. The van der Waals surface area contributed by atoms with Gasteiger partial charge in [0.2, 0.25) is 0 Å². The van der Waals surface area contributed by atoms with Crippen molar-refractivity contribution in [2.24, 2.45) is 23.7 Å². The summed E-state index contributed by atoms with van der Waals surface area (Å²) in [6.45, 7) is 10.7. The Morgan fingerprint density at radius 1 is 1.16 bits per heavy atom. The van der Waals surface area contributed by atoms with Crippen LogP contribution >= 0.6 is 0 Å². The molecule has 0 radical (unpaired) electrons. The van der Waals surface area contributed by atoms with Crippen LogP contribution in [0.2, 0.25) is 0 Å². The molecule has 32 heavy (non-hydrogen) atoms. The highest BCUT2D eigenvalue weighted by Gasteiger charge is 2.53. The maximum Gasteiger partial charge on any atom is 0.310 e. The molecule has 172 valence electrons. The van der Waals surface area contributed by atoms with E-state index in [0.717, 1.165) is 25.7 Å². The van der Waals surface area contributed by atoms with Gasteiger partial charge in [-0.1, -0.05) is 24.3 Å². The van der Waals surface area contributed by atoms with Crippen LogP contribution in [-0.4, -0.2) is 41.7 Å². The van der Waals surface area contributed by atoms with E-state index < -0.39 is 4.92 Å². The van der Waals surface area contributed by atoms with E-state index in [-0.39, 0.29) is 41.3 Å². The molecule has 3 fully saturated rings. The molecule has 0 spiro atoms. The van der Waals surface area contributed by atoms with Crippen molar-refractivity contribution >= 4 is 11.7 Å². The van der Waals surface area contributed by atoms with Crippen LogP contribution in [0.1, 0.15) is 31.2 Å². The number of carbonyl (C=O) groups excluding carboxylic acids is 1. The van der Waals surface area contributed by atoms with E-state index in [9.17, 15) is 20.0 Å². The van der Waals surface area contributed by atoms with Gasteiger partial charge < -0.3 is 20.5 Å². The number of hydrogen-bond donors (Lipinski definition) is 3. The quantitative estimate of drug-likeness (QED) is 0.187. The summed E-state index contributed by atoms with van der Waals surface area (Å²) < 4.78 is 5.89. The molecule has 2 aliphatic carbocycles. The molecule has 4 rings (SSSR count). The van der Waals surface area contributed by atoms with Crippen molar-refractivity contribution < 1.29 is 19.6 Å². The van der Waals surface area contributed by atoms with Gasteiger partial charge in [-0.25, -0.2) is 0 Å². The normalized spacial score (nSPS) is 29.4. The number of rotatable bonds is 8. The lowest BCUT2D eigenvalue weighted by Gasteiger charge is -2.27. The van der Waals surface area contributed by atoms with Crippen LogP contribution in [0.3, 0.4) is 0 Å². The molecular weight excluding hydrogens is 410 g/mol. The van der Waals surface area contributed by atoms with E-state index in [0.29, 0.717) is 37.7 Å². The molecule has 1 aromatic rings. The number of aromatic hydroxyl groups is 1. The molecule has 8 nitrogen and oxygen atoms in total. The van der Waals surface area contributed by atoms with Crippen LogP contribution in [0.15, 0.2) is 42.5 Å². The van der Waals surface area contributed by atoms with E-state index in [1.807, 2.05) is 0 Å². The highest BCUT2D eigenvalue weighted by atomic mass is 16.6. The third-order valence-corrected chi connectivity index (χ3v) is 7.28. The Morgan fingerprint density at radius 2 is 1.91 bits per heavy atom. The number of hydrogen-bond acceptors (Lipinski definition) is 7. The monoisotopic (exact) mass is 441 g/mol. The Bertz CT molecular complexity index is 930. The molecule has 1 aromatic carbocycles. The Balaban J connectivity index is 1.26. The fourth-order valence-corrected chi connectivity index (χ4v) is 5.57. The number of phenols is 1. The number of non-ortho nitro benzene ring substituents is 1. The van der Waals surface area contributed by atoms with Gasteiger partial charge in [-0.2, -0.15) is 0 Å². The van der Waals surface area contributed by atoms with E-state index in [1.54, 1.807) is 0 Å². The third-order valence-electron chi connectivity index (χ3n) is 7.28. The Hall–Kier alpha value is -2.71. The van der Waals surface area contributed by atoms with Crippen molar-refractivity contribution in [1.82, 2.24) is 10.6 Å². The lowest BCUT2D eigenvalue weighted by Crippen LogP contribution is -2.36. The minimum Gasteiger partial charge on any atom is -0.508 e. The van der Waals surface area contributed by atoms with Crippen LogP contribution in [0.5, 0.6) is 5.75 Å². The average Bonchev–Trinajstić information content (AvgIpc) is 3.24. The first kappa shape index (κ1) is 22.5. The maximum atomic E-state index is 12.6. The van der Waals surface area contributed by atoms with Crippen LogP contribution in [0.25, 0.3) is 0 Å². The zero-order chi connectivity index (χ0) is 22.8. The highest BCUT2D eigenvalue weighted by molar-refractivity contribution is 5.76. The molecule has 1 heterocycles. The number of nitrogens with zero attached hydrogens (tertiary/aromatic N) is 1. The molecular formula is C24H31N3O5. The second-order valence-electron chi connectivity index (χ2n) is 9.15. The summed E-state index contributed by atoms with van der Waals surface area (Å²) in [7, 11) is 0. The number of nitro groups is 1. The maximum absolute atomic E-state index is 12.6. The van der Waals surface area contributed by atoms with Gasteiger partial charge in [-0.05, 0) is 37.7 Å². The first-order valence-corrected chi connectivity index (χ1v) is 11.3. The molecule has 3 aliphatic rings. The van der Waals surface area contributed by atoms with E-state index in [4.69, 9.17) is 4.74 Å². The lowest BCUT2D eigenvalue weighted by atomic mass is 9.79. The number of fused-ring (bicyclic) bond motifs is 3. The number of esters is 1. The topological polar surface area (TPSA) is 114 Å². The molecule has 3 N–H and O–H groups in total. The van der Waals surface area contributed by atoms with Gasteiger partial charge in [0.25, 0.3) is 5.69 Å². The SMILES string of the molecule is C=C1CC[C@H]2C(=C)CC[C@H]3C(CNCCNCc4cc([N+](=O)[O-])ccc4O)C(=O)O[C@@H]3[C@@H]12. The molecule has 8 heteroatoms. The predicted molar refractivity (Wildman–Crippen MR) is 120 cm³/mol. The second-order valence-corrected chi connectivity index (χ2v) is 9.15. The van der Waals surface area contributed by atoms with Gasteiger partial charge in [0, 0.05) is 55.7 Å². The Labute approximate surface area is 187 Å². The van der Waals surface area contributed by atoms with E-state index in [2.05, 4.69) is 23.8 Å². The number of nitrogens with one attached hydrogen (secondary N) is 2. The number of carbonyl (C=O) groups is 1. The molecule has 1 saturated heterocycles. The largest absolute Gasteiger partial charge is 0.508 e. The molecule has 1 unspecified atom stereocenters. The standard InChI is InChI=1S/C24H31N3O5/c1-14-3-7-19-20(24(29)32-23(19)22-15(2)4-6-18(14)22)13-26-10-9-25-12-16-11-17(27(30)31)5-8-21(16)28/h5,8,11,18-20,22-23,25-26,28H,1-4,6-7,9-10,12-13H2/t18-,19-,20?,22-,23-/m0/s1. The summed E-state index contributed by atoms with van der Waals surface area (Å²) in [4.78, 5) is 23.1. The minimum absolute atomic E-state index is 0.0255. The number of phenolic OH excluding ortho intramolecular Hbond substituents is 1. The molecule has 0 aromatic heterocycles. The van der Waals surface area contributed by atoms with E-state index >= 15 is 0 Å². The van der Waals surface area contributed by atoms with Gasteiger partial charge in [0.1, 0.15) is 11.9 Å². The number of nitro benzene ring substituents is 1. The number of ether oxygens (including phenoxy) is 1. The summed E-state index contributed by atoms with van der Waals surface area (Å²) in [6.07, 6.45) is 3.84. The molecule has 1 aliphatic heterocycles. The summed E-state index contributed by atoms with van der Waals surface area (Å²) in [5.41, 5.74) is 2.90. The number of allylic oxidation sites excluding steroid dienone is 1. The van der Waals surface area contributed by atoms with Crippen molar-refractivity contribution in [2.45, 2.75) is 38.3 Å². The van der Waals surface area contributed by atoms with Crippen molar-refractivity contribution in [1.29, 1.82) is 0 Å². The fraction of sp³-hybridized carbons (Fsp3) is 0.542. The molecule has 0 amide bonds. The Kier molecular flexibility index (Phi) is 6.62. The summed E-state index contributed by atoms with van der Waals surface area (Å²) in [5, 5.41) is 27.3.